The van der Waals surface area contributed by atoms with Crippen molar-refractivity contribution in [1.29, 1.82) is 0 Å². The molecule has 0 unspecified atom stereocenters. The highest BCUT2D eigenvalue weighted by molar-refractivity contribution is 6.31. The number of hydrogen-bond donors (Lipinski definition) is 1. The van der Waals surface area contributed by atoms with Gasteiger partial charge in [-0.15, -0.1) is 5.10 Å². The molecule has 0 saturated heterocycles. The lowest BCUT2D eigenvalue weighted by Gasteiger charge is -2.17. The zero-order valence-electron chi connectivity index (χ0n) is 16.7. The van der Waals surface area contributed by atoms with Crippen LogP contribution in [-0.2, 0) is 0 Å². The minimum atomic E-state index is 0.0710. The van der Waals surface area contributed by atoms with Gasteiger partial charge >= 0.3 is 0 Å². The lowest BCUT2D eigenvalue weighted by Crippen LogP contribution is -2.09. The summed E-state index contributed by atoms with van der Waals surface area (Å²) in [5.74, 6) is 0.757. The van der Waals surface area contributed by atoms with Crippen LogP contribution in [0.25, 0.3) is 27.8 Å². The zero-order valence-corrected chi connectivity index (χ0v) is 17.4. The average molecular weight is 414 g/mol. The molecule has 0 saturated carbocycles. The summed E-state index contributed by atoms with van der Waals surface area (Å²) in [5.41, 5.74) is 5.70. The van der Waals surface area contributed by atoms with Crippen LogP contribution in [-0.4, -0.2) is 19.8 Å². The van der Waals surface area contributed by atoms with Crippen LogP contribution < -0.4 is 5.32 Å². The quantitative estimate of drug-likeness (QED) is 0.388. The number of hydrogen-bond acceptors (Lipinski definition) is 4. The lowest BCUT2D eigenvalue weighted by atomic mass is 10.1. The Morgan fingerprint density at radius 1 is 0.967 bits per heavy atom. The molecule has 148 valence electrons. The molecule has 0 amide bonds. The Morgan fingerprint density at radius 3 is 2.60 bits per heavy atom. The summed E-state index contributed by atoms with van der Waals surface area (Å²) in [6.07, 6.45) is 0. The molecule has 1 N–H and O–H groups in total. The molecule has 5 nitrogen and oxygen atoms in total. The Bertz CT molecular complexity index is 1360. The first-order valence-electron chi connectivity index (χ1n) is 9.83. The Kier molecular flexibility index (Phi) is 4.60. The Labute approximate surface area is 179 Å². The van der Waals surface area contributed by atoms with E-state index in [0.29, 0.717) is 10.7 Å². The number of halogens is 1. The van der Waals surface area contributed by atoms with E-state index in [2.05, 4.69) is 53.7 Å². The van der Waals surface area contributed by atoms with E-state index in [-0.39, 0.29) is 6.04 Å². The van der Waals surface area contributed by atoms with Crippen LogP contribution >= 0.6 is 11.6 Å². The van der Waals surface area contributed by atoms with Crippen molar-refractivity contribution >= 4 is 34.0 Å². The maximum absolute atomic E-state index is 6.31. The normalized spacial score (nSPS) is 12.4. The van der Waals surface area contributed by atoms with E-state index in [9.17, 15) is 0 Å². The molecule has 0 aliphatic carbocycles. The number of benzene rings is 3. The van der Waals surface area contributed by atoms with E-state index in [1.54, 1.807) is 4.52 Å². The van der Waals surface area contributed by atoms with Gasteiger partial charge in [-0.05, 0) is 43.7 Å². The van der Waals surface area contributed by atoms with E-state index in [1.165, 1.54) is 5.56 Å². The molecule has 0 fully saturated rings. The Morgan fingerprint density at radius 2 is 1.80 bits per heavy atom. The van der Waals surface area contributed by atoms with Gasteiger partial charge in [0.1, 0.15) is 11.5 Å². The van der Waals surface area contributed by atoms with E-state index < -0.39 is 0 Å². The lowest BCUT2D eigenvalue weighted by molar-refractivity contribution is 0.862. The van der Waals surface area contributed by atoms with Gasteiger partial charge in [0.2, 0.25) is 0 Å². The van der Waals surface area contributed by atoms with Gasteiger partial charge in [-0.1, -0.05) is 70.9 Å². The molecule has 6 heteroatoms. The molecular formula is C24H20ClN5. The SMILES string of the molecule is Cc1cccc(-c2nnn3c2nc(N[C@@H](C)c2ccccc2)c2cc(Cl)ccc23)c1. The van der Waals surface area contributed by atoms with Crippen LogP contribution in [0.1, 0.15) is 24.1 Å². The summed E-state index contributed by atoms with van der Waals surface area (Å²) in [7, 11) is 0. The molecule has 3 aromatic carbocycles. The Balaban J connectivity index is 1.71. The molecule has 0 aliphatic heterocycles. The van der Waals surface area contributed by atoms with Crippen LogP contribution in [0.2, 0.25) is 5.02 Å². The van der Waals surface area contributed by atoms with Crippen LogP contribution in [0.5, 0.6) is 0 Å². The Hall–Kier alpha value is -3.44. The minimum Gasteiger partial charge on any atom is -0.363 e. The molecule has 0 radical (unpaired) electrons. The minimum absolute atomic E-state index is 0.0710. The summed E-state index contributed by atoms with van der Waals surface area (Å²) in [6, 6.07) is 24.3. The highest BCUT2D eigenvalue weighted by Gasteiger charge is 2.17. The first kappa shape index (κ1) is 18.6. The van der Waals surface area contributed by atoms with Crippen molar-refractivity contribution in [3.8, 4) is 11.3 Å². The predicted octanol–water partition coefficient (Wildman–Crippen LogP) is 6.08. The molecule has 0 spiro atoms. The van der Waals surface area contributed by atoms with E-state index in [1.807, 2.05) is 48.5 Å². The van der Waals surface area contributed by atoms with Crippen molar-refractivity contribution in [2.24, 2.45) is 0 Å². The van der Waals surface area contributed by atoms with Crippen molar-refractivity contribution < 1.29 is 0 Å². The second-order valence-corrected chi connectivity index (χ2v) is 7.88. The number of nitrogens with zero attached hydrogens (tertiary/aromatic N) is 4. The number of aromatic nitrogens is 4. The van der Waals surface area contributed by atoms with Gasteiger partial charge in [-0.25, -0.2) is 4.98 Å². The van der Waals surface area contributed by atoms with E-state index in [4.69, 9.17) is 16.6 Å². The number of anilines is 1. The molecule has 30 heavy (non-hydrogen) atoms. The number of aryl methyl sites for hydroxylation is 1. The summed E-state index contributed by atoms with van der Waals surface area (Å²) >= 11 is 6.31. The van der Waals surface area contributed by atoms with E-state index in [0.717, 1.165) is 33.5 Å². The van der Waals surface area contributed by atoms with Crippen molar-refractivity contribution in [3.05, 3.63) is 88.9 Å². The standard InChI is InChI=1S/C24H20ClN5/c1-15-7-6-10-18(13-15)22-24-27-23(26-16(2)17-8-4-3-5-9-17)20-14-19(25)11-12-21(20)30(24)29-28-22/h3-14,16H,1-2H3,(H,26,27)/t16-/m0/s1. The second kappa shape index (κ2) is 7.43. The average Bonchev–Trinajstić information content (AvgIpc) is 3.18. The number of rotatable bonds is 4. The molecule has 5 rings (SSSR count). The van der Waals surface area contributed by atoms with Crippen LogP contribution in [0, 0.1) is 6.92 Å². The van der Waals surface area contributed by atoms with Crippen LogP contribution in [0.3, 0.4) is 0 Å². The van der Waals surface area contributed by atoms with Crippen LogP contribution in [0.4, 0.5) is 5.82 Å². The zero-order chi connectivity index (χ0) is 20.7. The van der Waals surface area contributed by atoms with Gasteiger partial charge in [0.25, 0.3) is 0 Å². The fourth-order valence-electron chi connectivity index (χ4n) is 3.71. The summed E-state index contributed by atoms with van der Waals surface area (Å²) in [5, 5.41) is 14.0. The predicted molar refractivity (Wildman–Crippen MR) is 122 cm³/mol. The third-order valence-electron chi connectivity index (χ3n) is 5.25. The first-order valence-corrected chi connectivity index (χ1v) is 10.2. The summed E-state index contributed by atoms with van der Waals surface area (Å²) in [4.78, 5) is 4.94. The van der Waals surface area contributed by atoms with Gasteiger partial charge in [-0.3, -0.25) is 0 Å². The summed E-state index contributed by atoms with van der Waals surface area (Å²) in [6.45, 7) is 4.18. The highest BCUT2D eigenvalue weighted by atomic mass is 35.5. The topological polar surface area (TPSA) is 55.1 Å². The van der Waals surface area contributed by atoms with E-state index >= 15 is 0 Å². The third kappa shape index (κ3) is 3.27. The molecule has 5 aromatic rings. The van der Waals surface area contributed by atoms with Crippen LogP contribution in [0.15, 0.2) is 72.8 Å². The fraction of sp³-hybridized carbons (Fsp3) is 0.125. The van der Waals surface area contributed by atoms with Gasteiger partial charge in [0.05, 0.1) is 5.52 Å². The fourth-order valence-corrected chi connectivity index (χ4v) is 3.88. The molecule has 0 bridgehead atoms. The van der Waals surface area contributed by atoms with Crippen molar-refractivity contribution in [2.75, 3.05) is 5.32 Å². The van der Waals surface area contributed by atoms with Crippen molar-refractivity contribution in [3.63, 3.8) is 0 Å². The van der Waals surface area contributed by atoms with Crippen molar-refractivity contribution in [1.82, 2.24) is 19.8 Å². The maximum Gasteiger partial charge on any atom is 0.186 e. The van der Waals surface area contributed by atoms with Gasteiger partial charge < -0.3 is 5.32 Å². The monoisotopic (exact) mass is 413 g/mol. The molecule has 1 atom stereocenters. The molecular weight excluding hydrogens is 394 g/mol. The number of fused-ring (bicyclic) bond motifs is 3. The number of nitrogens with one attached hydrogen (secondary N) is 1. The smallest absolute Gasteiger partial charge is 0.186 e. The van der Waals surface area contributed by atoms with Gasteiger partial charge in [-0.2, -0.15) is 4.52 Å². The molecule has 0 aliphatic rings. The summed E-state index contributed by atoms with van der Waals surface area (Å²) < 4.78 is 1.78. The highest BCUT2D eigenvalue weighted by Crippen LogP contribution is 2.31. The van der Waals surface area contributed by atoms with Gasteiger partial charge in [0.15, 0.2) is 5.65 Å². The van der Waals surface area contributed by atoms with Crippen molar-refractivity contribution in [2.45, 2.75) is 19.9 Å². The second-order valence-electron chi connectivity index (χ2n) is 7.44. The largest absolute Gasteiger partial charge is 0.363 e. The van der Waals surface area contributed by atoms with Gasteiger partial charge in [0, 0.05) is 22.0 Å². The molecule has 2 aromatic heterocycles. The maximum atomic E-state index is 6.31. The molecule has 2 heterocycles. The first-order chi connectivity index (χ1) is 14.6. The third-order valence-corrected chi connectivity index (χ3v) is 5.49.